The van der Waals surface area contributed by atoms with Crippen molar-refractivity contribution in [1.82, 2.24) is 10.6 Å². The molecular weight excluding hydrogens is 528 g/mol. The van der Waals surface area contributed by atoms with Gasteiger partial charge in [0.25, 0.3) is 0 Å². The highest BCUT2D eigenvalue weighted by Crippen LogP contribution is 2.44. The molecule has 0 radical (unpaired) electrons. The van der Waals surface area contributed by atoms with E-state index in [-0.39, 0.29) is 25.4 Å². The van der Waals surface area contributed by atoms with Gasteiger partial charge in [-0.25, -0.2) is 9.59 Å². The first kappa shape index (κ1) is 31.6. The first-order valence-corrected chi connectivity index (χ1v) is 13.9. The first-order chi connectivity index (χ1) is 19.4. The van der Waals surface area contributed by atoms with Crippen LogP contribution in [0, 0.1) is 0 Å². The summed E-state index contributed by atoms with van der Waals surface area (Å²) < 4.78 is 11.6. The Bertz CT molecular complexity index is 1190. The number of benzene rings is 2. The highest BCUT2D eigenvalue weighted by atomic mass is 16.6. The number of ether oxygens (including phenoxy) is 2. The lowest BCUT2D eigenvalue weighted by Crippen LogP contribution is -2.57. The van der Waals surface area contributed by atoms with Crippen LogP contribution in [0.2, 0.25) is 0 Å². The largest absolute Gasteiger partial charge is 0.481 e. The number of carbonyl (C=O) groups excluding carboxylic acids is 2. The number of hydrogen-bond acceptors (Lipinski definition) is 6. The van der Waals surface area contributed by atoms with Gasteiger partial charge < -0.3 is 30.3 Å². The first-order valence-electron chi connectivity index (χ1n) is 13.9. The fourth-order valence-corrected chi connectivity index (χ4v) is 5.11. The minimum absolute atomic E-state index is 0.00210. The van der Waals surface area contributed by atoms with Crippen molar-refractivity contribution in [3.05, 3.63) is 59.7 Å². The van der Waals surface area contributed by atoms with E-state index >= 15 is 0 Å². The minimum atomic E-state index is -1.22. The molecule has 0 unspecified atom stereocenters. The molecule has 0 fully saturated rings. The second-order valence-electron chi connectivity index (χ2n) is 11.3. The van der Waals surface area contributed by atoms with Crippen LogP contribution >= 0.6 is 0 Å². The number of nitrogens with one attached hydrogen (secondary N) is 2. The van der Waals surface area contributed by atoms with E-state index in [1.807, 2.05) is 69.3 Å². The Labute approximate surface area is 240 Å². The van der Waals surface area contributed by atoms with Crippen LogP contribution < -0.4 is 10.6 Å². The van der Waals surface area contributed by atoms with E-state index in [1.54, 1.807) is 6.92 Å². The third-order valence-electron chi connectivity index (χ3n) is 6.91. The number of carbonyl (C=O) groups is 4. The third-order valence-corrected chi connectivity index (χ3v) is 6.91. The van der Waals surface area contributed by atoms with E-state index < -0.39 is 47.7 Å². The van der Waals surface area contributed by atoms with Gasteiger partial charge in [-0.3, -0.25) is 9.59 Å². The van der Waals surface area contributed by atoms with E-state index in [4.69, 9.17) is 14.6 Å². The SMILES string of the molecule is C[C@@H](OC(C)(C)C)[C@H](NC(=O)OCC1c2ccccc2-c2ccccc21)C(=O)N[C@@H](CCCCCC(=O)O)C(=O)O. The van der Waals surface area contributed by atoms with Crippen molar-refractivity contribution >= 4 is 23.9 Å². The van der Waals surface area contributed by atoms with E-state index in [0.29, 0.717) is 19.3 Å². The van der Waals surface area contributed by atoms with Gasteiger partial charge in [-0.05, 0) is 62.8 Å². The Kier molecular flexibility index (Phi) is 10.9. The van der Waals surface area contributed by atoms with Crippen molar-refractivity contribution in [3.8, 4) is 11.1 Å². The van der Waals surface area contributed by atoms with Crippen LogP contribution in [0.25, 0.3) is 11.1 Å². The van der Waals surface area contributed by atoms with Crippen LogP contribution in [0.4, 0.5) is 4.79 Å². The number of fused-ring (bicyclic) bond motifs is 3. The zero-order valence-corrected chi connectivity index (χ0v) is 24.0. The standard InChI is InChI=1S/C31H40N2O8/c1-19(41-31(2,3)4)27(28(36)32-25(29(37)38)16-6-5-7-17-26(34)35)33-30(39)40-18-24-22-14-10-8-12-20(22)21-13-9-11-15-23(21)24/h8-15,19,24-25,27H,5-7,16-18H2,1-4H3,(H,32,36)(H,33,39)(H,34,35)(H,37,38)/t19-,25+,27+/m1/s1. The molecule has 0 heterocycles. The topological polar surface area (TPSA) is 151 Å². The molecular formula is C31H40N2O8. The molecule has 4 N–H and O–H groups in total. The number of rotatable bonds is 14. The van der Waals surface area contributed by atoms with Crippen LogP contribution in [0.5, 0.6) is 0 Å². The molecule has 0 aliphatic heterocycles. The maximum absolute atomic E-state index is 13.3. The lowest BCUT2D eigenvalue weighted by atomic mass is 9.98. The Morgan fingerprint density at radius 2 is 1.46 bits per heavy atom. The molecule has 10 heteroatoms. The predicted molar refractivity (Wildman–Crippen MR) is 153 cm³/mol. The van der Waals surface area contributed by atoms with Gasteiger partial charge in [0.1, 0.15) is 18.7 Å². The minimum Gasteiger partial charge on any atom is -0.481 e. The highest BCUT2D eigenvalue weighted by molar-refractivity contribution is 5.89. The summed E-state index contributed by atoms with van der Waals surface area (Å²) in [6, 6.07) is 13.5. The van der Waals surface area contributed by atoms with Crippen molar-refractivity contribution in [3.63, 3.8) is 0 Å². The summed E-state index contributed by atoms with van der Waals surface area (Å²) in [6.07, 6.45) is -0.166. The number of carboxylic acid groups (broad SMARTS) is 2. The van der Waals surface area contributed by atoms with Gasteiger partial charge in [-0.2, -0.15) is 0 Å². The van der Waals surface area contributed by atoms with E-state index in [1.165, 1.54) is 0 Å². The number of carboxylic acids is 2. The number of hydrogen-bond donors (Lipinski definition) is 4. The van der Waals surface area contributed by atoms with Gasteiger partial charge in [-0.1, -0.05) is 61.4 Å². The lowest BCUT2D eigenvalue weighted by Gasteiger charge is -2.31. The highest BCUT2D eigenvalue weighted by Gasteiger charge is 2.34. The second kappa shape index (κ2) is 14.1. The maximum atomic E-state index is 13.3. The van der Waals surface area contributed by atoms with Gasteiger partial charge in [0.05, 0.1) is 11.7 Å². The molecule has 0 spiro atoms. The van der Waals surface area contributed by atoms with Crippen molar-refractivity contribution in [2.45, 2.75) is 89.5 Å². The normalized spacial score (nSPS) is 14.7. The second-order valence-corrected chi connectivity index (χ2v) is 11.3. The molecule has 0 saturated carbocycles. The molecule has 1 aliphatic carbocycles. The molecule has 1 aliphatic rings. The van der Waals surface area contributed by atoms with E-state index in [2.05, 4.69) is 10.6 Å². The summed E-state index contributed by atoms with van der Waals surface area (Å²) in [5, 5.41) is 23.5. The van der Waals surface area contributed by atoms with Crippen LogP contribution in [0.1, 0.15) is 76.8 Å². The Hall–Kier alpha value is -3.92. The molecule has 3 atom stereocenters. The number of alkyl carbamates (subject to hydrolysis) is 1. The number of aliphatic carboxylic acids is 2. The monoisotopic (exact) mass is 568 g/mol. The van der Waals surface area contributed by atoms with Gasteiger partial charge in [-0.15, -0.1) is 0 Å². The summed E-state index contributed by atoms with van der Waals surface area (Å²) in [5.41, 5.74) is 3.63. The summed E-state index contributed by atoms with van der Waals surface area (Å²) in [7, 11) is 0. The summed E-state index contributed by atoms with van der Waals surface area (Å²) >= 11 is 0. The molecule has 0 bridgehead atoms. The molecule has 41 heavy (non-hydrogen) atoms. The molecule has 2 aromatic carbocycles. The van der Waals surface area contributed by atoms with E-state index in [0.717, 1.165) is 22.3 Å². The molecule has 2 aromatic rings. The lowest BCUT2D eigenvalue weighted by molar-refractivity contribution is -0.144. The number of unbranched alkanes of at least 4 members (excludes halogenated alkanes) is 2. The fourth-order valence-electron chi connectivity index (χ4n) is 5.11. The third kappa shape index (κ3) is 9.04. The Balaban J connectivity index is 1.67. The number of amides is 2. The van der Waals surface area contributed by atoms with Crippen molar-refractivity contribution in [2.24, 2.45) is 0 Å². The zero-order valence-electron chi connectivity index (χ0n) is 24.0. The Morgan fingerprint density at radius 3 is 2.00 bits per heavy atom. The van der Waals surface area contributed by atoms with Crippen LogP contribution in [0.3, 0.4) is 0 Å². The van der Waals surface area contributed by atoms with Crippen molar-refractivity contribution in [1.29, 1.82) is 0 Å². The quantitative estimate of drug-likeness (QED) is 0.239. The Morgan fingerprint density at radius 1 is 0.878 bits per heavy atom. The molecule has 2 amide bonds. The average Bonchev–Trinajstić information content (AvgIpc) is 3.22. The van der Waals surface area contributed by atoms with Crippen molar-refractivity contribution in [2.75, 3.05) is 6.61 Å². The van der Waals surface area contributed by atoms with Gasteiger partial charge in [0.2, 0.25) is 5.91 Å². The smallest absolute Gasteiger partial charge is 0.407 e. The average molecular weight is 569 g/mol. The molecule has 0 saturated heterocycles. The molecule has 10 nitrogen and oxygen atoms in total. The van der Waals surface area contributed by atoms with E-state index in [9.17, 15) is 24.3 Å². The van der Waals surface area contributed by atoms with Crippen LogP contribution in [-0.2, 0) is 23.9 Å². The molecule has 222 valence electrons. The van der Waals surface area contributed by atoms with Gasteiger partial charge in [0, 0.05) is 12.3 Å². The van der Waals surface area contributed by atoms with Gasteiger partial charge in [0.15, 0.2) is 0 Å². The van der Waals surface area contributed by atoms with Crippen molar-refractivity contribution < 1.29 is 38.9 Å². The predicted octanol–water partition coefficient (Wildman–Crippen LogP) is 4.70. The fraction of sp³-hybridized carbons (Fsp3) is 0.484. The molecule has 3 rings (SSSR count). The summed E-state index contributed by atoms with van der Waals surface area (Å²) in [4.78, 5) is 48.8. The summed E-state index contributed by atoms with van der Waals surface area (Å²) in [5.74, 6) is -3.02. The van der Waals surface area contributed by atoms with Gasteiger partial charge >= 0.3 is 18.0 Å². The maximum Gasteiger partial charge on any atom is 0.407 e. The van der Waals surface area contributed by atoms with Crippen LogP contribution in [0.15, 0.2) is 48.5 Å². The zero-order chi connectivity index (χ0) is 30.2. The van der Waals surface area contributed by atoms with Crippen LogP contribution in [-0.4, -0.2) is 64.5 Å². The molecule has 0 aromatic heterocycles. The summed E-state index contributed by atoms with van der Waals surface area (Å²) in [6.45, 7) is 7.10.